The van der Waals surface area contributed by atoms with Gasteiger partial charge in [0.1, 0.15) is 36.0 Å². The molecule has 2 aromatic carbocycles. The number of aromatic amines is 1. The Morgan fingerprint density at radius 1 is 0.763 bits per heavy atom. The van der Waals surface area contributed by atoms with E-state index >= 15 is 0 Å². The van der Waals surface area contributed by atoms with E-state index in [0.717, 1.165) is 10.9 Å². The molecule has 1 heterocycles. The lowest BCUT2D eigenvalue weighted by molar-refractivity contribution is -0.141. The largest absolute Gasteiger partial charge is 0.508 e. The Morgan fingerprint density at radius 2 is 1.36 bits per heavy atom. The minimum Gasteiger partial charge on any atom is -0.508 e. The van der Waals surface area contributed by atoms with Crippen molar-refractivity contribution in [2.75, 3.05) is 12.3 Å². The fourth-order valence-corrected chi connectivity index (χ4v) is 6.14. The van der Waals surface area contributed by atoms with Crippen LogP contribution in [0.3, 0.4) is 0 Å². The first-order chi connectivity index (χ1) is 28.0. The van der Waals surface area contributed by atoms with Crippen LogP contribution in [-0.2, 0) is 46.4 Å². The van der Waals surface area contributed by atoms with Gasteiger partial charge in [-0.15, -0.1) is 0 Å². The number of unbranched alkanes of at least 4 members (excludes halogenated alkanes) is 1. The van der Waals surface area contributed by atoms with E-state index in [1.165, 1.54) is 19.1 Å². The number of amides is 5. The highest BCUT2D eigenvalue weighted by Crippen LogP contribution is 2.20. The molecule has 21 heteroatoms. The number of carbonyl (C=O) groups is 7. The number of para-hydroxylation sites is 1. The minimum atomic E-state index is -1.53. The number of hydrogen-bond acceptors (Lipinski definition) is 11. The van der Waals surface area contributed by atoms with Crippen LogP contribution in [-0.4, -0.2) is 116 Å². The minimum absolute atomic E-state index is 0.0281. The van der Waals surface area contributed by atoms with Gasteiger partial charge in [0.15, 0.2) is 5.96 Å². The van der Waals surface area contributed by atoms with E-state index in [-0.39, 0.29) is 36.7 Å². The van der Waals surface area contributed by atoms with Gasteiger partial charge in [-0.2, -0.15) is 12.6 Å². The summed E-state index contributed by atoms with van der Waals surface area (Å²) in [6.07, 6.45) is 1.47. The molecule has 3 rings (SSSR count). The van der Waals surface area contributed by atoms with Gasteiger partial charge < -0.3 is 63.7 Å². The normalized spacial score (nSPS) is 14.0. The Morgan fingerprint density at radius 3 is 2.00 bits per heavy atom. The first-order valence-electron chi connectivity index (χ1n) is 18.7. The zero-order chi connectivity index (χ0) is 43.6. The van der Waals surface area contributed by atoms with Crippen molar-refractivity contribution in [3.63, 3.8) is 0 Å². The van der Waals surface area contributed by atoms with E-state index in [2.05, 4.69) is 49.5 Å². The Hall–Kier alpha value is -6.35. The third-order valence-corrected chi connectivity index (χ3v) is 9.52. The van der Waals surface area contributed by atoms with Crippen molar-refractivity contribution < 1.29 is 48.9 Å². The maximum Gasteiger partial charge on any atom is 0.327 e. The summed E-state index contributed by atoms with van der Waals surface area (Å²) in [4.78, 5) is 93.8. The molecule has 0 aliphatic heterocycles. The average Bonchev–Trinajstić information content (AvgIpc) is 3.60. The van der Waals surface area contributed by atoms with Crippen molar-refractivity contribution in [1.29, 1.82) is 5.41 Å². The predicted octanol–water partition coefficient (Wildman–Crippen LogP) is -1.04. The van der Waals surface area contributed by atoms with E-state index in [1.807, 2.05) is 0 Å². The number of nitrogens with two attached hydrogens (primary N) is 2. The fraction of sp³-hybridized carbons (Fsp3) is 0.421. The number of nitrogens with one attached hydrogen (secondary N) is 8. The number of H-pyrrole nitrogens is 1. The molecule has 5 amide bonds. The first kappa shape index (κ1) is 47.0. The monoisotopic (exact) mass is 840 g/mol. The van der Waals surface area contributed by atoms with E-state index in [0.29, 0.717) is 30.5 Å². The van der Waals surface area contributed by atoms with Crippen molar-refractivity contribution in [2.45, 2.75) is 88.1 Å². The van der Waals surface area contributed by atoms with Crippen LogP contribution >= 0.6 is 12.6 Å². The number of carboxylic acid groups (broad SMARTS) is 2. The molecular formula is C38H52N10O10S. The summed E-state index contributed by atoms with van der Waals surface area (Å²) in [6, 6.07) is 5.32. The number of rotatable bonds is 24. The maximum atomic E-state index is 14.1. The molecule has 0 bridgehead atoms. The molecule has 0 saturated carbocycles. The fourth-order valence-electron chi connectivity index (χ4n) is 5.90. The number of guanidine groups is 1. The SMILES string of the molecule is C[C@H](NC(=O)[C@H](CCC(=O)O)NC(=O)[C@H](Cc1c[nH]c2ccccc12)NC(=O)[C@H](CCCCNC(=N)N)NC(=O)[C@@H](N)Cc1ccc(O)cc1)C(=O)N[C@H](CS)C(=O)O. The van der Waals surface area contributed by atoms with E-state index in [4.69, 9.17) is 16.9 Å². The zero-order valence-electron chi connectivity index (χ0n) is 32.3. The van der Waals surface area contributed by atoms with Crippen LogP contribution in [0, 0.1) is 5.41 Å². The number of phenolic OH excluding ortho intramolecular Hbond substituents is 1. The molecule has 59 heavy (non-hydrogen) atoms. The van der Waals surface area contributed by atoms with Gasteiger partial charge in [0, 0.05) is 42.2 Å². The second-order valence-corrected chi connectivity index (χ2v) is 14.2. The summed E-state index contributed by atoms with van der Waals surface area (Å²) >= 11 is 3.90. The Bertz CT molecular complexity index is 1960. The van der Waals surface area contributed by atoms with Crippen molar-refractivity contribution in [2.24, 2.45) is 11.5 Å². The highest BCUT2D eigenvalue weighted by Gasteiger charge is 2.32. The number of aromatic hydroxyl groups is 1. The third kappa shape index (κ3) is 15.5. The molecule has 0 aliphatic rings. The van der Waals surface area contributed by atoms with Crippen LogP contribution in [0.2, 0.25) is 0 Å². The lowest BCUT2D eigenvalue weighted by Gasteiger charge is -2.26. The summed E-state index contributed by atoms with van der Waals surface area (Å²) in [7, 11) is 0. The molecule has 0 saturated heterocycles. The molecule has 0 fully saturated rings. The van der Waals surface area contributed by atoms with Gasteiger partial charge in [-0.05, 0) is 68.4 Å². The third-order valence-electron chi connectivity index (χ3n) is 9.16. The second kappa shape index (κ2) is 23.2. The number of benzene rings is 2. The number of phenols is 1. The van der Waals surface area contributed by atoms with Crippen LogP contribution in [0.25, 0.3) is 10.9 Å². The number of carboxylic acids is 2. The Balaban J connectivity index is 1.89. The molecule has 0 unspecified atom stereocenters. The second-order valence-electron chi connectivity index (χ2n) is 13.8. The Kier molecular flexibility index (Phi) is 18.5. The molecule has 1 aromatic heterocycles. The lowest BCUT2D eigenvalue weighted by atomic mass is 10.0. The zero-order valence-corrected chi connectivity index (χ0v) is 33.2. The van der Waals surface area contributed by atoms with E-state index < -0.39 is 90.6 Å². The Labute approximate surface area is 344 Å². The molecule has 15 N–H and O–H groups in total. The number of fused-ring (bicyclic) bond motifs is 1. The number of thiol groups is 1. The van der Waals surface area contributed by atoms with Crippen molar-refractivity contribution in [3.05, 3.63) is 65.9 Å². The standard InChI is InChI=1S/C38H52N10O10S/c1-20(32(52)48-30(19-59)37(57)58)44-34(54)28(13-14-31(50)51)46-36(56)29(17-22-18-43-26-7-3-2-6-24(22)26)47-35(55)27(8-4-5-15-42-38(40)41)45-33(53)25(39)16-21-9-11-23(49)12-10-21/h2-3,6-7,9-12,18,20,25,27-30,43,49,59H,4-5,8,13-17,19,39H2,1H3,(H,44,54)(H,45,53)(H,46,56)(H,47,55)(H,48,52)(H,50,51)(H,57,58)(H4,40,41,42)/t20-,25-,27-,28-,29-,30+/m0/s1. The van der Waals surface area contributed by atoms with Gasteiger partial charge in [0.25, 0.3) is 0 Å². The molecule has 20 nitrogen and oxygen atoms in total. The van der Waals surface area contributed by atoms with Gasteiger partial charge in [-0.1, -0.05) is 30.3 Å². The van der Waals surface area contributed by atoms with Gasteiger partial charge in [0.05, 0.1) is 6.04 Å². The van der Waals surface area contributed by atoms with Crippen molar-refractivity contribution in [1.82, 2.24) is 36.9 Å². The molecule has 320 valence electrons. The smallest absolute Gasteiger partial charge is 0.327 e. The van der Waals surface area contributed by atoms with Crippen LogP contribution in [0.4, 0.5) is 0 Å². The van der Waals surface area contributed by atoms with Crippen molar-refractivity contribution in [3.8, 4) is 5.75 Å². The highest BCUT2D eigenvalue weighted by atomic mass is 32.1. The molecule has 6 atom stereocenters. The lowest BCUT2D eigenvalue weighted by Crippen LogP contribution is -2.59. The van der Waals surface area contributed by atoms with Crippen LogP contribution in [0.5, 0.6) is 5.75 Å². The molecule has 0 spiro atoms. The quantitative estimate of drug-likeness (QED) is 0.0222. The number of carbonyl (C=O) groups excluding carboxylic acids is 5. The number of hydrogen-bond donors (Lipinski definition) is 14. The van der Waals surface area contributed by atoms with Crippen LogP contribution in [0.1, 0.15) is 50.2 Å². The predicted molar refractivity (Wildman–Crippen MR) is 219 cm³/mol. The van der Waals surface area contributed by atoms with E-state index in [1.54, 1.807) is 42.6 Å². The van der Waals surface area contributed by atoms with Gasteiger partial charge in [-0.25, -0.2) is 4.79 Å². The van der Waals surface area contributed by atoms with Crippen LogP contribution < -0.4 is 43.4 Å². The van der Waals surface area contributed by atoms with Gasteiger partial charge in [0.2, 0.25) is 29.5 Å². The molecule has 0 radical (unpaired) electrons. The average molecular weight is 841 g/mol. The molecular weight excluding hydrogens is 789 g/mol. The number of aromatic nitrogens is 1. The number of aliphatic carboxylic acids is 2. The van der Waals surface area contributed by atoms with Gasteiger partial charge >= 0.3 is 11.9 Å². The maximum absolute atomic E-state index is 14.1. The summed E-state index contributed by atoms with van der Waals surface area (Å²) in [5, 5.41) is 51.5. The topological polar surface area (TPSA) is 344 Å². The highest BCUT2D eigenvalue weighted by molar-refractivity contribution is 7.80. The van der Waals surface area contributed by atoms with Gasteiger partial charge in [-0.3, -0.25) is 34.2 Å². The molecule has 0 aliphatic carbocycles. The summed E-state index contributed by atoms with van der Waals surface area (Å²) in [5.41, 5.74) is 13.6. The van der Waals surface area contributed by atoms with E-state index in [9.17, 15) is 48.9 Å². The summed E-state index contributed by atoms with van der Waals surface area (Å²) in [6.45, 7) is 1.57. The summed E-state index contributed by atoms with van der Waals surface area (Å²) < 4.78 is 0. The first-order valence-corrected chi connectivity index (χ1v) is 19.4. The summed E-state index contributed by atoms with van der Waals surface area (Å²) in [5.74, 6) is -7.27. The molecule has 3 aromatic rings. The van der Waals surface area contributed by atoms with Crippen molar-refractivity contribution >= 4 is 71.0 Å². The van der Waals surface area contributed by atoms with Crippen LogP contribution in [0.15, 0.2) is 54.7 Å².